The minimum absolute atomic E-state index is 0.000163. The molecule has 0 fully saturated rings. The van der Waals surface area contributed by atoms with Crippen molar-refractivity contribution in [2.45, 2.75) is 52.4 Å². The van der Waals surface area contributed by atoms with Gasteiger partial charge >= 0.3 is 0 Å². The Hall–Kier alpha value is -2.49. The van der Waals surface area contributed by atoms with Crippen LogP contribution in [-0.4, -0.2) is 15.0 Å². The molecule has 0 unspecified atom stereocenters. The van der Waals surface area contributed by atoms with Crippen molar-refractivity contribution in [2.75, 3.05) is 5.32 Å². The fourth-order valence-electron chi connectivity index (χ4n) is 2.80. The van der Waals surface area contributed by atoms with Crippen LogP contribution in [0.25, 0.3) is 10.9 Å². The largest absolute Gasteiger partial charge is 0.324 e. The molecule has 4 nitrogen and oxygen atoms in total. The van der Waals surface area contributed by atoms with Crippen molar-refractivity contribution in [3.8, 4) is 0 Å². The summed E-state index contributed by atoms with van der Waals surface area (Å²) in [5, 5.41) is 4.44. The van der Waals surface area contributed by atoms with Gasteiger partial charge in [0.2, 0.25) is 5.95 Å². The van der Waals surface area contributed by atoms with Gasteiger partial charge in [-0.25, -0.2) is 9.97 Å². The molecule has 1 N–H and O–H groups in total. The van der Waals surface area contributed by atoms with Crippen LogP contribution in [0.3, 0.4) is 0 Å². The number of fused-ring (bicyclic) bond motifs is 1. The number of hydrogen-bond donors (Lipinski definition) is 1. The second-order valence-electron chi connectivity index (χ2n) is 8.48. The van der Waals surface area contributed by atoms with Crippen LogP contribution >= 0.6 is 0 Å². The summed E-state index contributed by atoms with van der Waals surface area (Å²) >= 11 is 0. The van der Waals surface area contributed by atoms with Crippen molar-refractivity contribution in [3.05, 3.63) is 54.0 Å². The Balaban J connectivity index is 2.14. The molecular formula is C21H26N4. The van der Waals surface area contributed by atoms with Crippen molar-refractivity contribution in [2.24, 2.45) is 0 Å². The van der Waals surface area contributed by atoms with E-state index in [4.69, 9.17) is 4.98 Å². The maximum absolute atomic E-state index is 4.94. The lowest BCUT2D eigenvalue weighted by atomic mass is 9.81. The van der Waals surface area contributed by atoms with Gasteiger partial charge in [0, 0.05) is 34.6 Å². The number of hydrogen-bond acceptors (Lipinski definition) is 4. The normalized spacial score (nSPS) is 12.4. The first-order valence-corrected chi connectivity index (χ1v) is 8.64. The third-order valence-electron chi connectivity index (χ3n) is 4.21. The Morgan fingerprint density at radius 1 is 0.840 bits per heavy atom. The summed E-state index contributed by atoms with van der Waals surface area (Å²) in [5.41, 5.74) is 4.43. The number of nitrogens with one attached hydrogen (secondary N) is 1. The molecule has 0 saturated heterocycles. The molecule has 130 valence electrons. The SMILES string of the molecule is CC(C)(C)c1cc(C(C)(C)C)c2ccc(Nc3ncccn3)cc2n1. The maximum atomic E-state index is 4.94. The van der Waals surface area contributed by atoms with Crippen molar-refractivity contribution in [1.82, 2.24) is 15.0 Å². The van der Waals surface area contributed by atoms with Crippen molar-refractivity contribution in [3.63, 3.8) is 0 Å². The highest BCUT2D eigenvalue weighted by atomic mass is 15.1. The van der Waals surface area contributed by atoms with Gasteiger partial charge in [0.25, 0.3) is 0 Å². The lowest BCUT2D eigenvalue weighted by Gasteiger charge is -2.26. The smallest absolute Gasteiger partial charge is 0.227 e. The zero-order valence-corrected chi connectivity index (χ0v) is 15.9. The topological polar surface area (TPSA) is 50.7 Å². The van der Waals surface area contributed by atoms with Crippen molar-refractivity contribution in [1.29, 1.82) is 0 Å². The van der Waals surface area contributed by atoms with Gasteiger partial charge in [-0.3, -0.25) is 4.98 Å². The Labute approximate surface area is 149 Å². The Kier molecular flexibility index (Phi) is 4.23. The number of aromatic nitrogens is 3. The van der Waals surface area contributed by atoms with Crippen LogP contribution in [0.15, 0.2) is 42.7 Å². The number of rotatable bonds is 2. The van der Waals surface area contributed by atoms with E-state index in [1.165, 1.54) is 10.9 Å². The van der Waals surface area contributed by atoms with E-state index in [1.807, 2.05) is 0 Å². The van der Waals surface area contributed by atoms with E-state index in [0.29, 0.717) is 5.95 Å². The van der Waals surface area contributed by atoms with E-state index in [1.54, 1.807) is 18.5 Å². The summed E-state index contributed by atoms with van der Waals surface area (Å²) in [6, 6.07) is 10.3. The fourth-order valence-corrected chi connectivity index (χ4v) is 2.80. The summed E-state index contributed by atoms with van der Waals surface area (Å²) in [4.78, 5) is 13.4. The number of pyridine rings is 1. The zero-order chi connectivity index (χ0) is 18.2. The lowest BCUT2D eigenvalue weighted by molar-refractivity contribution is 0.558. The van der Waals surface area contributed by atoms with E-state index >= 15 is 0 Å². The predicted octanol–water partition coefficient (Wildman–Crippen LogP) is 5.36. The predicted molar refractivity (Wildman–Crippen MR) is 104 cm³/mol. The van der Waals surface area contributed by atoms with Gasteiger partial charge in [-0.15, -0.1) is 0 Å². The number of anilines is 2. The first-order chi connectivity index (χ1) is 11.6. The van der Waals surface area contributed by atoms with Gasteiger partial charge in [0.15, 0.2) is 0 Å². The van der Waals surface area contributed by atoms with E-state index in [2.05, 4.69) is 81.1 Å². The first-order valence-electron chi connectivity index (χ1n) is 8.64. The van der Waals surface area contributed by atoms with Crippen LogP contribution in [0, 0.1) is 0 Å². The third kappa shape index (κ3) is 3.78. The molecular weight excluding hydrogens is 308 g/mol. The summed E-state index contributed by atoms with van der Waals surface area (Å²) in [5.74, 6) is 0.588. The van der Waals surface area contributed by atoms with Crippen LogP contribution in [0.5, 0.6) is 0 Å². The molecule has 0 bridgehead atoms. The van der Waals surface area contributed by atoms with E-state index in [9.17, 15) is 0 Å². The minimum atomic E-state index is 0.000163. The second kappa shape index (κ2) is 6.10. The molecule has 25 heavy (non-hydrogen) atoms. The van der Waals surface area contributed by atoms with Crippen LogP contribution in [-0.2, 0) is 10.8 Å². The van der Waals surface area contributed by atoms with Crippen LogP contribution < -0.4 is 5.32 Å². The van der Waals surface area contributed by atoms with Gasteiger partial charge < -0.3 is 5.32 Å². The zero-order valence-electron chi connectivity index (χ0n) is 15.9. The Morgan fingerprint density at radius 2 is 1.52 bits per heavy atom. The highest BCUT2D eigenvalue weighted by Gasteiger charge is 2.23. The first kappa shape index (κ1) is 17.3. The molecule has 1 aromatic carbocycles. The highest BCUT2D eigenvalue weighted by Crippen LogP contribution is 2.34. The number of nitrogens with zero attached hydrogens (tertiary/aromatic N) is 3. The Bertz CT molecular complexity index is 887. The molecule has 0 aliphatic rings. The van der Waals surface area contributed by atoms with Gasteiger partial charge in [0.05, 0.1) is 5.52 Å². The molecule has 2 aromatic heterocycles. The molecule has 2 heterocycles. The molecule has 0 aliphatic heterocycles. The Morgan fingerprint density at radius 3 is 2.12 bits per heavy atom. The average Bonchev–Trinajstić information content (AvgIpc) is 2.53. The standard InChI is InChI=1S/C21H26N4/c1-20(2,3)16-13-18(21(4,5)6)25-17-12-14(8-9-15(16)17)24-19-22-10-7-11-23-19/h7-13H,1-6H3,(H,22,23,24). The minimum Gasteiger partial charge on any atom is -0.324 e. The molecule has 4 heteroatoms. The quantitative estimate of drug-likeness (QED) is 0.685. The third-order valence-corrected chi connectivity index (χ3v) is 4.21. The lowest BCUT2D eigenvalue weighted by Crippen LogP contribution is -2.18. The maximum Gasteiger partial charge on any atom is 0.227 e. The van der Waals surface area contributed by atoms with E-state index < -0.39 is 0 Å². The molecule has 0 radical (unpaired) electrons. The molecule has 0 aliphatic carbocycles. The molecule has 0 amide bonds. The van der Waals surface area contributed by atoms with Crippen molar-refractivity contribution >= 4 is 22.5 Å². The monoisotopic (exact) mass is 334 g/mol. The fraction of sp³-hybridized carbons (Fsp3) is 0.381. The van der Waals surface area contributed by atoms with Crippen molar-refractivity contribution < 1.29 is 0 Å². The van der Waals surface area contributed by atoms with Gasteiger partial charge in [-0.2, -0.15) is 0 Å². The van der Waals surface area contributed by atoms with Crippen LogP contribution in [0.2, 0.25) is 0 Å². The highest BCUT2D eigenvalue weighted by molar-refractivity contribution is 5.87. The number of benzene rings is 1. The van der Waals surface area contributed by atoms with E-state index in [0.717, 1.165) is 16.9 Å². The molecule has 0 atom stereocenters. The molecule has 0 saturated carbocycles. The summed E-state index contributed by atoms with van der Waals surface area (Å²) in [6.45, 7) is 13.4. The molecule has 0 spiro atoms. The summed E-state index contributed by atoms with van der Waals surface area (Å²) in [6.07, 6.45) is 3.45. The van der Waals surface area contributed by atoms with Crippen LogP contribution in [0.1, 0.15) is 52.8 Å². The van der Waals surface area contributed by atoms with Crippen LogP contribution in [0.4, 0.5) is 11.6 Å². The molecule has 3 aromatic rings. The average molecular weight is 334 g/mol. The van der Waals surface area contributed by atoms with E-state index in [-0.39, 0.29) is 10.8 Å². The summed E-state index contributed by atoms with van der Waals surface area (Å²) in [7, 11) is 0. The second-order valence-corrected chi connectivity index (χ2v) is 8.48. The van der Waals surface area contributed by atoms with Gasteiger partial charge in [0.1, 0.15) is 0 Å². The van der Waals surface area contributed by atoms with Gasteiger partial charge in [-0.05, 0) is 35.2 Å². The molecule has 3 rings (SSSR count). The summed E-state index contributed by atoms with van der Waals surface area (Å²) < 4.78 is 0. The van der Waals surface area contributed by atoms with Gasteiger partial charge in [-0.1, -0.05) is 47.6 Å².